The number of hydrogen-bond acceptors (Lipinski definition) is 6. The molecule has 1 aromatic heterocycles. The molecule has 0 bridgehead atoms. The van der Waals surface area contributed by atoms with Crippen molar-refractivity contribution in [1.29, 1.82) is 0 Å². The lowest BCUT2D eigenvalue weighted by molar-refractivity contribution is -0.140. The van der Waals surface area contributed by atoms with E-state index in [1.165, 1.54) is 7.11 Å². The van der Waals surface area contributed by atoms with Crippen molar-refractivity contribution in [2.75, 3.05) is 19.0 Å². The second-order valence-corrected chi connectivity index (χ2v) is 5.85. The van der Waals surface area contributed by atoms with Crippen LogP contribution >= 0.6 is 0 Å². The molecule has 1 aromatic carbocycles. The summed E-state index contributed by atoms with van der Waals surface area (Å²) in [5.41, 5.74) is 0.526. The molecule has 7 nitrogen and oxygen atoms in total. The molecule has 0 amide bonds. The standard InChI is InChI=1S/C19H25N3O4/c1-25-18(23)11-7-2-3-8-13-20-17-12-14-22(19(24)21-17)26-15-16-9-5-4-6-10-16/h4-6,9-10,12,14H,2-3,7-8,11,13,15H2,1H3,(H,20,21,24). The summed E-state index contributed by atoms with van der Waals surface area (Å²) in [5, 5.41) is 3.13. The Morgan fingerprint density at radius 3 is 2.62 bits per heavy atom. The number of esters is 1. The van der Waals surface area contributed by atoms with Crippen molar-refractivity contribution in [3.63, 3.8) is 0 Å². The Kier molecular flexibility index (Phi) is 8.18. The van der Waals surface area contributed by atoms with E-state index in [-0.39, 0.29) is 5.97 Å². The highest BCUT2D eigenvalue weighted by molar-refractivity contribution is 5.68. The summed E-state index contributed by atoms with van der Waals surface area (Å²) in [4.78, 5) is 32.4. The van der Waals surface area contributed by atoms with E-state index in [1.54, 1.807) is 12.3 Å². The number of carbonyl (C=O) groups excluding carboxylic acids is 1. The van der Waals surface area contributed by atoms with Crippen LogP contribution in [0.1, 0.15) is 37.7 Å². The zero-order valence-electron chi connectivity index (χ0n) is 15.0. The van der Waals surface area contributed by atoms with Gasteiger partial charge in [-0.05, 0) is 18.4 Å². The molecule has 0 fully saturated rings. The van der Waals surface area contributed by atoms with Gasteiger partial charge in [0, 0.05) is 19.0 Å². The van der Waals surface area contributed by atoms with Crippen molar-refractivity contribution in [3.05, 3.63) is 58.6 Å². The molecule has 2 aromatic rings. The van der Waals surface area contributed by atoms with Gasteiger partial charge >= 0.3 is 11.7 Å². The smallest absolute Gasteiger partial charge is 0.382 e. The van der Waals surface area contributed by atoms with E-state index in [0.29, 0.717) is 18.8 Å². The number of rotatable bonds is 11. The van der Waals surface area contributed by atoms with Crippen LogP contribution in [0.2, 0.25) is 0 Å². The Bertz CT molecular complexity index is 731. The van der Waals surface area contributed by atoms with Gasteiger partial charge in [-0.1, -0.05) is 43.2 Å². The van der Waals surface area contributed by atoms with Crippen LogP contribution in [-0.2, 0) is 16.1 Å². The third-order valence-electron chi connectivity index (χ3n) is 3.83. The van der Waals surface area contributed by atoms with E-state index in [4.69, 9.17) is 4.84 Å². The number of hydrogen-bond donors (Lipinski definition) is 1. The van der Waals surface area contributed by atoms with Crippen LogP contribution in [0.25, 0.3) is 0 Å². The average Bonchev–Trinajstić information content (AvgIpc) is 2.67. The molecule has 0 unspecified atom stereocenters. The molecule has 140 valence electrons. The maximum Gasteiger partial charge on any atom is 0.382 e. The fourth-order valence-electron chi connectivity index (χ4n) is 2.37. The number of carbonyl (C=O) groups is 1. The van der Waals surface area contributed by atoms with Gasteiger partial charge in [0.25, 0.3) is 0 Å². The maximum atomic E-state index is 12.0. The van der Waals surface area contributed by atoms with E-state index in [2.05, 4.69) is 15.0 Å². The molecule has 0 aliphatic carbocycles. The van der Waals surface area contributed by atoms with Crippen LogP contribution < -0.4 is 15.8 Å². The summed E-state index contributed by atoms with van der Waals surface area (Å²) < 4.78 is 5.73. The Labute approximate surface area is 152 Å². The largest absolute Gasteiger partial charge is 0.469 e. The number of methoxy groups -OCH3 is 1. The van der Waals surface area contributed by atoms with Gasteiger partial charge in [0.1, 0.15) is 12.4 Å². The van der Waals surface area contributed by atoms with Gasteiger partial charge in [0.2, 0.25) is 0 Å². The van der Waals surface area contributed by atoms with Crippen molar-refractivity contribution in [2.24, 2.45) is 0 Å². The third kappa shape index (κ3) is 6.96. The SMILES string of the molecule is COC(=O)CCCCCCNc1ccn(OCc2ccccc2)c(=O)n1. The number of anilines is 1. The minimum atomic E-state index is -0.455. The molecule has 0 atom stereocenters. The first kappa shape index (κ1) is 19.5. The van der Waals surface area contributed by atoms with Crippen molar-refractivity contribution < 1.29 is 14.4 Å². The molecule has 0 saturated carbocycles. The molecule has 0 saturated heterocycles. The predicted octanol–water partition coefficient (Wildman–Crippen LogP) is 2.41. The summed E-state index contributed by atoms with van der Waals surface area (Å²) in [6, 6.07) is 11.3. The predicted molar refractivity (Wildman–Crippen MR) is 98.8 cm³/mol. The Morgan fingerprint density at radius 2 is 1.88 bits per heavy atom. The number of nitrogens with zero attached hydrogens (tertiary/aromatic N) is 2. The Hall–Kier alpha value is -2.83. The molecule has 0 aliphatic heterocycles. The highest BCUT2D eigenvalue weighted by atomic mass is 16.7. The molecule has 1 heterocycles. The van der Waals surface area contributed by atoms with E-state index in [1.807, 2.05) is 30.3 Å². The van der Waals surface area contributed by atoms with E-state index in [0.717, 1.165) is 42.5 Å². The lowest BCUT2D eigenvalue weighted by Crippen LogP contribution is -2.29. The van der Waals surface area contributed by atoms with Gasteiger partial charge in [-0.3, -0.25) is 4.79 Å². The van der Waals surface area contributed by atoms with Crippen LogP contribution in [0.3, 0.4) is 0 Å². The molecular formula is C19H25N3O4. The first-order chi connectivity index (χ1) is 12.7. The van der Waals surface area contributed by atoms with E-state index in [9.17, 15) is 9.59 Å². The average molecular weight is 359 g/mol. The molecule has 0 spiro atoms. The second kappa shape index (κ2) is 10.9. The van der Waals surface area contributed by atoms with Gasteiger partial charge < -0.3 is 14.9 Å². The van der Waals surface area contributed by atoms with Crippen LogP contribution in [0.4, 0.5) is 5.82 Å². The molecule has 7 heteroatoms. The molecule has 0 aliphatic rings. The quantitative estimate of drug-likeness (QED) is 0.490. The minimum Gasteiger partial charge on any atom is -0.469 e. The highest BCUT2D eigenvalue weighted by Crippen LogP contribution is 2.05. The minimum absolute atomic E-state index is 0.164. The Morgan fingerprint density at radius 1 is 1.12 bits per heavy atom. The van der Waals surface area contributed by atoms with Gasteiger partial charge in [0.15, 0.2) is 0 Å². The lowest BCUT2D eigenvalue weighted by atomic mass is 10.1. The first-order valence-corrected chi connectivity index (χ1v) is 8.76. The zero-order valence-corrected chi connectivity index (χ0v) is 15.0. The Balaban J connectivity index is 1.67. The van der Waals surface area contributed by atoms with Crippen LogP contribution in [0.5, 0.6) is 0 Å². The monoisotopic (exact) mass is 359 g/mol. The zero-order chi connectivity index (χ0) is 18.6. The van der Waals surface area contributed by atoms with Gasteiger partial charge in [-0.2, -0.15) is 4.98 Å². The number of nitrogens with one attached hydrogen (secondary N) is 1. The molecular weight excluding hydrogens is 334 g/mol. The van der Waals surface area contributed by atoms with Crippen LogP contribution in [0.15, 0.2) is 47.4 Å². The van der Waals surface area contributed by atoms with Crippen LogP contribution in [-0.4, -0.2) is 29.3 Å². The normalized spacial score (nSPS) is 10.3. The summed E-state index contributed by atoms with van der Waals surface area (Å²) in [6.45, 7) is 1.03. The van der Waals surface area contributed by atoms with Crippen molar-refractivity contribution in [3.8, 4) is 0 Å². The number of benzene rings is 1. The number of aromatic nitrogens is 2. The number of ether oxygens (including phenoxy) is 1. The molecule has 0 radical (unpaired) electrons. The van der Waals surface area contributed by atoms with Gasteiger partial charge in [-0.15, -0.1) is 4.73 Å². The summed E-state index contributed by atoms with van der Waals surface area (Å²) >= 11 is 0. The van der Waals surface area contributed by atoms with Crippen molar-refractivity contribution in [1.82, 2.24) is 9.71 Å². The molecule has 26 heavy (non-hydrogen) atoms. The fraction of sp³-hybridized carbons (Fsp3) is 0.421. The van der Waals surface area contributed by atoms with Gasteiger partial charge in [0.05, 0.1) is 13.3 Å². The second-order valence-electron chi connectivity index (χ2n) is 5.85. The van der Waals surface area contributed by atoms with E-state index >= 15 is 0 Å². The van der Waals surface area contributed by atoms with E-state index < -0.39 is 5.69 Å². The summed E-state index contributed by atoms with van der Waals surface area (Å²) in [6.07, 6.45) is 5.78. The molecule has 1 N–H and O–H groups in total. The summed E-state index contributed by atoms with van der Waals surface area (Å²) in [5.74, 6) is 0.367. The number of unbranched alkanes of at least 4 members (excludes halogenated alkanes) is 3. The summed E-state index contributed by atoms with van der Waals surface area (Å²) in [7, 11) is 1.40. The van der Waals surface area contributed by atoms with Crippen molar-refractivity contribution in [2.45, 2.75) is 38.7 Å². The highest BCUT2D eigenvalue weighted by Gasteiger charge is 2.02. The van der Waals surface area contributed by atoms with Crippen molar-refractivity contribution >= 4 is 11.8 Å². The molecule has 2 rings (SSSR count). The topological polar surface area (TPSA) is 82.5 Å². The fourth-order valence-corrected chi connectivity index (χ4v) is 2.37. The van der Waals surface area contributed by atoms with Crippen LogP contribution in [0, 0.1) is 0 Å². The third-order valence-corrected chi connectivity index (χ3v) is 3.83. The van der Waals surface area contributed by atoms with Gasteiger partial charge in [-0.25, -0.2) is 4.79 Å². The first-order valence-electron chi connectivity index (χ1n) is 8.76. The lowest BCUT2D eigenvalue weighted by Gasteiger charge is -2.09. The maximum absolute atomic E-state index is 12.0.